The van der Waals surface area contributed by atoms with Crippen LogP contribution in [0, 0.1) is 18.3 Å². The number of nitriles is 1. The van der Waals surface area contributed by atoms with Crippen molar-refractivity contribution in [1.29, 1.82) is 5.26 Å². The summed E-state index contributed by atoms with van der Waals surface area (Å²) in [6.45, 7) is 2.05. The lowest BCUT2D eigenvalue weighted by Crippen LogP contribution is -2.01. The first kappa shape index (κ1) is 13.0. The Kier molecular flexibility index (Phi) is 4.10. The number of benzene rings is 2. The Hall–Kier alpha value is -2.40. The minimum atomic E-state index is 0.116. The van der Waals surface area contributed by atoms with Gasteiger partial charge in [-0.05, 0) is 31.0 Å². The van der Waals surface area contributed by atoms with Crippen LogP contribution in [0.5, 0.6) is 0 Å². The predicted octanol–water partition coefficient (Wildman–Crippen LogP) is 3.68. The summed E-state index contributed by atoms with van der Waals surface area (Å²) in [6, 6.07) is 17.1. The van der Waals surface area contributed by atoms with Crippen LogP contribution in [0.1, 0.15) is 33.5 Å². The standard InChI is InChI=1S/C17H15NO/c1-13-2-4-14(5-3-13)8-11-17(19)16-9-6-15(12-18)7-10-16/h2-7,9-10H,8,11H2,1H3. The van der Waals surface area contributed by atoms with Crippen molar-refractivity contribution in [3.63, 3.8) is 0 Å². The fraction of sp³-hybridized carbons (Fsp3) is 0.176. The van der Waals surface area contributed by atoms with E-state index in [1.807, 2.05) is 13.0 Å². The summed E-state index contributed by atoms with van der Waals surface area (Å²) in [7, 11) is 0. The number of ketones is 1. The molecule has 0 atom stereocenters. The van der Waals surface area contributed by atoms with Crippen LogP contribution in [0.25, 0.3) is 0 Å². The van der Waals surface area contributed by atoms with Gasteiger partial charge in [-0.3, -0.25) is 4.79 Å². The second kappa shape index (κ2) is 5.97. The number of Topliss-reactive ketones (excluding diaryl/α,β-unsaturated/α-hetero) is 1. The molecule has 0 heterocycles. The molecule has 0 bridgehead atoms. The number of carbonyl (C=O) groups is 1. The van der Waals surface area contributed by atoms with Gasteiger partial charge in [-0.15, -0.1) is 0 Å². The minimum absolute atomic E-state index is 0.116. The average Bonchev–Trinajstić information content (AvgIpc) is 2.46. The summed E-state index contributed by atoms with van der Waals surface area (Å²) < 4.78 is 0. The number of carbonyl (C=O) groups excluding carboxylic acids is 1. The van der Waals surface area contributed by atoms with Crippen LogP contribution in [0.2, 0.25) is 0 Å². The summed E-state index contributed by atoms with van der Waals surface area (Å²) in [5.74, 6) is 0.116. The van der Waals surface area contributed by atoms with E-state index in [1.165, 1.54) is 11.1 Å². The zero-order valence-corrected chi connectivity index (χ0v) is 10.9. The molecule has 2 rings (SSSR count). The number of hydrogen-bond acceptors (Lipinski definition) is 2. The Morgan fingerprint density at radius 1 is 1.05 bits per heavy atom. The van der Waals surface area contributed by atoms with E-state index < -0.39 is 0 Å². The van der Waals surface area contributed by atoms with Gasteiger partial charge in [0.15, 0.2) is 5.78 Å². The van der Waals surface area contributed by atoms with Crippen molar-refractivity contribution in [2.45, 2.75) is 19.8 Å². The van der Waals surface area contributed by atoms with Crippen LogP contribution >= 0.6 is 0 Å². The van der Waals surface area contributed by atoms with Crippen molar-refractivity contribution in [3.05, 3.63) is 70.8 Å². The quantitative estimate of drug-likeness (QED) is 0.775. The molecule has 0 amide bonds. The lowest BCUT2D eigenvalue weighted by Gasteiger charge is -2.02. The van der Waals surface area contributed by atoms with E-state index in [1.54, 1.807) is 24.3 Å². The molecule has 0 fully saturated rings. The topological polar surface area (TPSA) is 40.9 Å². The van der Waals surface area contributed by atoms with Gasteiger partial charge in [0.25, 0.3) is 0 Å². The van der Waals surface area contributed by atoms with E-state index in [0.29, 0.717) is 17.5 Å². The third kappa shape index (κ3) is 3.53. The Morgan fingerprint density at radius 3 is 2.26 bits per heavy atom. The van der Waals surface area contributed by atoms with Gasteiger partial charge >= 0.3 is 0 Å². The highest BCUT2D eigenvalue weighted by atomic mass is 16.1. The van der Waals surface area contributed by atoms with Crippen LogP contribution in [0.15, 0.2) is 48.5 Å². The van der Waals surface area contributed by atoms with Gasteiger partial charge < -0.3 is 0 Å². The van der Waals surface area contributed by atoms with Crippen LogP contribution in [0.4, 0.5) is 0 Å². The maximum absolute atomic E-state index is 12.0. The third-order valence-electron chi connectivity index (χ3n) is 3.10. The maximum atomic E-state index is 12.0. The SMILES string of the molecule is Cc1ccc(CCC(=O)c2ccc(C#N)cc2)cc1. The monoisotopic (exact) mass is 249 g/mol. The minimum Gasteiger partial charge on any atom is -0.294 e. The van der Waals surface area contributed by atoms with E-state index in [0.717, 1.165) is 6.42 Å². The molecule has 0 radical (unpaired) electrons. The lowest BCUT2D eigenvalue weighted by atomic mass is 10.0. The molecule has 0 aliphatic carbocycles. The van der Waals surface area contributed by atoms with Gasteiger partial charge in [-0.2, -0.15) is 5.26 Å². The van der Waals surface area contributed by atoms with E-state index in [2.05, 4.69) is 24.3 Å². The normalized spacial score (nSPS) is 9.89. The van der Waals surface area contributed by atoms with E-state index in [9.17, 15) is 4.79 Å². The molecule has 0 N–H and O–H groups in total. The molecule has 0 saturated heterocycles. The van der Waals surface area contributed by atoms with Gasteiger partial charge in [-0.25, -0.2) is 0 Å². The van der Waals surface area contributed by atoms with Crippen LogP contribution < -0.4 is 0 Å². The van der Waals surface area contributed by atoms with Crippen LogP contribution in [0.3, 0.4) is 0 Å². The Morgan fingerprint density at radius 2 is 1.68 bits per heavy atom. The molecule has 0 saturated carbocycles. The first-order chi connectivity index (χ1) is 9.19. The van der Waals surface area contributed by atoms with Gasteiger partial charge in [0.05, 0.1) is 11.6 Å². The summed E-state index contributed by atoms with van der Waals surface area (Å²) in [5, 5.41) is 8.71. The Labute approximate surface area is 113 Å². The molecule has 19 heavy (non-hydrogen) atoms. The van der Waals surface area contributed by atoms with Crippen molar-refractivity contribution in [1.82, 2.24) is 0 Å². The second-order valence-corrected chi connectivity index (χ2v) is 4.60. The molecule has 0 unspecified atom stereocenters. The number of aryl methyl sites for hydroxylation is 2. The Bertz CT molecular complexity index is 603. The fourth-order valence-electron chi connectivity index (χ4n) is 1.89. The summed E-state index contributed by atoms with van der Waals surface area (Å²) in [6.07, 6.45) is 1.24. The fourth-order valence-corrected chi connectivity index (χ4v) is 1.89. The zero-order chi connectivity index (χ0) is 13.7. The van der Waals surface area contributed by atoms with Crippen LogP contribution in [-0.4, -0.2) is 5.78 Å². The number of nitrogens with zero attached hydrogens (tertiary/aromatic N) is 1. The number of rotatable bonds is 4. The summed E-state index contributed by atoms with van der Waals surface area (Å²) in [5.41, 5.74) is 3.65. The van der Waals surface area contributed by atoms with Crippen molar-refractivity contribution in [2.75, 3.05) is 0 Å². The molecular formula is C17H15NO. The van der Waals surface area contributed by atoms with Crippen molar-refractivity contribution in [3.8, 4) is 6.07 Å². The summed E-state index contributed by atoms with van der Waals surface area (Å²) >= 11 is 0. The molecular weight excluding hydrogens is 234 g/mol. The highest BCUT2D eigenvalue weighted by molar-refractivity contribution is 5.96. The van der Waals surface area contributed by atoms with Crippen molar-refractivity contribution in [2.24, 2.45) is 0 Å². The van der Waals surface area contributed by atoms with Gasteiger partial charge in [0.2, 0.25) is 0 Å². The highest BCUT2D eigenvalue weighted by Gasteiger charge is 2.06. The molecule has 0 aromatic heterocycles. The Balaban J connectivity index is 1.97. The van der Waals surface area contributed by atoms with Crippen molar-refractivity contribution < 1.29 is 4.79 Å². The molecule has 0 spiro atoms. The average molecular weight is 249 g/mol. The van der Waals surface area contributed by atoms with Gasteiger partial charge in [0.1, 0.15) is 0 Å². The third-order valence-corrected chi connectivity index (χ3v) is 3.10. The molecule has 0 aliphatic heterocycles. The number of hydrogen-bond donors (Lipinski definition) is 0. The smallest absolute Gasteiger partial charge is 0.163 e. The van der Waals surface area contributed by atoms with Crippen molar-refractivity contribution >= 4 is 5.78 Å². The largest absolute Gasteiger partial charge is 0.294 e. The first-order valence-electron chi connectivity index (χ1n) is 6.28. The molecule has 2 aromatic rings. The van der Waals surface area contributed by atoms with Gasteiger partial charge in [0, 0.05) is 12.0 Å². The van der Waals surface area contributed by atoms with Crippen LogP contribution in [-0.2, 0) is 6.42 Å². The molecule has 2 heteroatoms. The highest BCUT2D eigenvalue weighted by Crippen LogP contribution is 2.10. The molecule has 94 valence electrons. The van der Waals surface area contributed by atoms with E-state index in [4.69, 9.17) is 5.26 Å². The second-order valence-electron chi connectivity index (χ2n) is 4.60. The predicted molar refractivity (Wildman–Crippen MR) is 75.0 cm³/mol. The maximum Gasteiger partial charge on any atom is 0.163 e. The molecule has 0 aliphatic rings. The van der Waals surface area contributed by atoms with E-state index in [-0.39, 0.29) is 5.78 Å². The zero-order valence-electron chi connectivity index (χ0n) is 10.9. The summed E-state index contributed by atoms with van der Waals surface area (Å²) in [4.78, 5) is 12.0. The molecule has 2 nitrogen and oxygen atoms in total. The molecule has 2 aromatic carbocycles. The lowest BCUT2D eigenvalue weighted by molar-refractivity contribution is 0.0983. The van der Waals surface area contributed by atoms with Gasteiger partial charge in [-0.1, -0.05) is 42.0 Å². The first-order valence-corrected chi connectivity index (χ1v) is 6.28. The van der Waals surface area contributed by atoms with E-state index >= 15 is 0 Å².